The second kappa shape index (κ2) is 7.56. The average Bonchev–Trinajstić information content (AvgIpc) is 3.00. The summed E-state index contributed by atoms with van der Waals surface area (Å²) in [4.78, 5) is 24.9. The van der Waals surface area contributed by atoms with E-state index in [-0.39, 0.29) is 5.56 Å². The number of aromatic amines is 1. The van der Waals surface area contributed by atoms with Crippen molar-refractivity contribution in [3.8, 4) is 0 Å². The number of aryl methyl sites for hydroxylation is 2. The molecule has 27 heavy (non-hydrogen) atoms. The standard InChI is InChI=1S/C22H27N3OS/c1-14(2)16-10-8-15(9-11-16)12-25(3)13-19-23-21(26)20-17-6-4-5-7-18(17)27-22(20)24-19/h8-11,14H,4-7,12-13H2,1-3H3,(H,23,24,26). The minimum absolute atomic E-state index is 0.0316. The Hall–Kier alpha value is -1.98. The normalized spacial score (nSPS) is 14.3. The summed E-state index contributed by atoms with van der Waals surface area (Å²) in [6.07, 6.45) is 4.52. The number of fused-ring (bicyclic) bond motifs is 3. The van der Waals surface area contributed by atoms with Gasteiger partial charge >= 0.3 is 0 Å². The molecule has 0 saturated carbocycles. The molecule has 0 fully saturated rings. The van der Waals surface area contributed by atoms with Gasteiger partial charge in [-0.1, -0.05) is 38.1 Å². The quantitative estimate of drug-likeness (QED) is 0.702. The van der Waals surface area contributed by atoms with Gasteiger partial charge in [-0.3, -0.25) is 9.69 Å². The Morgan fingerprint density at radius 3 is 2.63 bits per heavy atom. The number of H-pyrrole nitrogens is 1. The summed E-state index contributed by atoms with van der Waals surface area (Å²) in [6.45, 7) is 5.89. The van der Waals surface area contributed by atoms with Crippen LogP contribution in [0.1, 0.15) is 60.0 Å². The number of thiophene rings is 1. The van der Waals surface area contributed by atoms with Crippen LogP contribution in [-0.2, 0) is 25.9 Å². The Morgan fingerprint density at radius 1 is 1.15 bits per heavy atom. The maximum absolute atomic E-state index is 12.7. The smallest absolute Gasteiger partial charge is 0.259 e. The molecule has 0 aliphatic heterocycles. The molecule has 0 atom stereocenters. The van der Waals surface area contributed by atoms with Crippen molar-refractivity contribution in [3.63, 3.8) is 0 Å². The maximum Gasteiger partial charge on any atom is 0.259 e. The minimum atomic E-state index is 0.0316. The number of hydrogen-bond donors (Lipinski definition) is 1. The van der Waals surface area contributed by atoms with E-state index < -0.39 is 0 Å². The van der Waals surface area contributed by atoms with E-state index in [1.807, 2.05) is 0 Å². The lowest BCUT2D eigenvalue weighted by Crippen LogP contribution is -2.22. The summed E-state index contributed by atoms with van der Waals surface area (Å²) in [5.41, 5.74) is 3.92. The summed E-state index contributed by atoms with van der Waals surface area (Å²) in [6, 6.07) is 8.80. The van der Waals surface area contributed by atoms with Crippen molar-refractivity contribution >= 4 is 21.6 Å². The van der Waals surface area contributed by atoms with E-state index in [1.54, 1.807) is 11.3 Å². The summed E-state index contributed by atoms with van der Waals surface area (Å²) < 4.78 is 0. The molecule has 0 unspecified atom stereocenters. The van der Waals surface area contributed by atoms with Gasteiger partial charge < -0.3 is 4.98 Å². The largest absolute Gasteiger partial charge is 0.309 e. The number of aromatic nitrogens is 2. The molecule has 1 aliphatic rings. The molecular formula is C22H27N3OS. The predicted octanol–water partition coefficient (Wildman–Crippen LogP) is 4.62. The van der Waals surface area contributed by atoms with Crippen LogP contribution < -0.4 is 5.56 Å². The fraction of sp³-hybridized carbons (Fsp3) is 0.455. The monoisotopic (exact) mass is 381 g/mol. The molecule has 4 nitrogen and oxygen atoms in total. The molecular weight excluding hydrogens is 354 g/mol. The van der Waals surface area contributed by atoms with Gasteiger partial charge in [-0.15, -0.1) is 11.3 Å². The van der Waals surface area contributed by atoms with Gasteiger partial charge in [0.05, 0.1) is 11.9 Å². The first kappa shape index (κ1) is 18.4. The molecule has 2 heterocycles. The molecule has 0 saturated heterocycles. The van der Waals surface area contributed by atoms with Gasteiger partial charge in [0.2, 0.25) is 0 Å². The van der Waals surface area contributed by atoms with Crippen molar-refractivity contribution < 1.29 is 0 Å². The van der Waals surface area contributed by atoms with Crippen LogP contribution >= 0.6 is 11.3 Å². The zero-order chi connectivity index (χ0) is 19.0. The van der Waals surface area contributed by atoms with Crippen molar-refractivity contribution in [1.82, 2.24) is 14.9 Å². The Bertz CT molecular complexity index is 1000. The SMILES string of the molecule is CC(C)c1ccc(CN(C)Cc2nc3sc4c(c3c(=O)[nH]2)CCCC4)cc1. The highest BCUT2D eigenvalue weighted by molar-refractivity contribution is 7.18. The van der Waals surface area contributed by atoms with E-state index in [2.05, 4.69) is 55.0 Å². The van der Waals surface area contributed by atoms with Gasteiger partial charge in [-0.2, -0.15) is 0 Å². The zero-order valence-corrected chi connectivity index (χ0v) is 17.2. The van der Waals surface area contributed by atoms with Crippen LogP contribution in [0.25, 0.3) is 10.2 Å². The molecule has 142 valence electrons. The summed E-state index contributed by atoms with van der Waals surface area (Å²) in [7, 11) is 2.07. The van der Waals surface area contributed by atoms with E-state index in [9.17, 15) is 4.79 Å². The number of nitrogens with one attached hydrogen (secondary N) is 1. The van der Waals surface area contributed by atoms with Crippen LogP contribution in [0.3, 0.4) is 0 Å². The summed E-state index contributed by atoms with van der Waals surface area (Å²) in [5, 5.41) is 0.838. The van der Waals surface area contributed by atoms with Crippen LogP contribution in [0.2, 0.25) is 0 Å². The molecule has 0 bridgehead atoms. The van der Waals surface area contributed by atoms with E-state index >= 15 is 0 Å². The first-order valence-corrected chi connectivity index (χ1v) is 10.6. The van der Waals surface area contributed by atoms with E-state index in [1.165, 1.54) is 34.4 Å². The van der Waals surface area contributed by atoms with E-state index in [0.717, 1.165) is 35.4 Å². The first-order valence-electron chi connectivity index (χ1n) is 9.82. The first-order chi connectivity index (χ1) is 13.0. The number of benzene rings is 1. The van der Waals surface area contributed by atoms with E-state index in [4.69, 9.17) is 4.98 Å². The van der Waals surface area contributed by atoms with Crippen molar-refractivity contribution in [3.05, 3.63) is 62.0 Å². The Morgan fingerprint density at radius 2 is 1.89 bits per heavy atom. The lowest BCUT2D eigenvalue weighted by Gasteiger charge is -2.16. The lowest BCUT2D eigenvalue weighted by atomic mass is 9.97. The second-order valence-electron chi connectivity index (χ2n) is 7.97. The van der Waals surface area contributed by atoms with Crippen LogP contribution in [0.15, 0.2) is 29.1 Å². The predicted molar refractivity (Wildman–Crippen MR) is 113 cm³/mol. The topological polar surface area (TPSA) is 49.0 Å². The van der Waals surface area contributed by atoms with Gasteiger partial charge in [0.15, 0.2) is 0 Å². The molecule has 1 aliphatic carbocycles. The number of rotatable bonds is 5. The van der Waals surface area contributed by atoms with Crippen LogP contribution in [0.4, 0.5) is 0 Å². The number of nitrogens with zero attached hydrogens (tertiary/aromatic N) is 2. The van der Waals surface area contributed by atoms with Gasteiger partial charge in [0.25, 0.3) is 5.56 Å². The second-order valence-corrected chi connectivity index (χ2v) is 9.06. The van der Waals surface area contributed by atoms with Crippen molar-refractivity contribution in [2.75, 3.05) is 7.05 Å². The van der Waals surface area contributed by atoms with Crippen molar-refractivity contribution in [2.24, 2.45) is 0 Å². The fourth-order valence-electron chi connectivity index (χ4n) is 3.91. The van der Waals surface area contributed by atoms with Crippen molar-refractivity contribution in [2.45, 2.75) is 58.5 Å². The van der Waals surface area contributed by atoms with Crippen LogP contribution in [0.5, 0.6) is 0 Å². The third-order valence-corrected chi connectivity index (χ3v) is 6.58. The molecule has 0 radical (unpaired) electrons. The van der Waals surface area contributed by atoms with Crippen LogP contribution in [-0.4, -0.2) is 21.9 Å². The molecule has 4 rings (SSSR count). The zero-order valence-electron chi connectivity index (χ0n) is 16.3. The molecule has 5 heteroatoms. The molecule has 2 aromatic heterocycles. The lowest BCUT2D eigenvalue weighted by molar-refractivity contribution is 0.311. The number of hydrogen-bond acceptors (Lipinski definition) is 4. The highest BCUT2D eigenvalue weighted by atomic mass is 32.1. The molecule has 0 amide bonds. The highest BCUT2D eigenvalue weighted by Crippen LogP contribution is 2.33. The molecule has 1 N–H and O–H groups in total. The Labute approximate surface area is 164 Å². The third-order valence-electron chi connectivity index (χ3n) is 5.39. The molecule has 1 aromatic carbocycles. The minimum Gasteiger partial charge on any atom is -0.309 e. The fourth-order valence-corrected chi connectivity index (χ4v) is 5.20. The van der Waals surface area contributed by atoms with Gasteiger partial charge in [0.1, 0.15) is 10.7 Å². The maximum atomic E-state index is 12.7. The average molecular weight is 382 g/mol. The third kappa shape index (κ3) is 3.85. The van der Waals surface area contributed by atoms with Gasteiger partial charge in [-0.05, 0) is 55.3 Å². The Balaban J connectivity index is 1.51. The Kier molecular flexibility index (Phi) is 5.15. The van der Waals surface area contributed by atoms with Crippen LogP contribution in [0, 0.1) is 0 Å². The summed E-state index contributed by atoms with van der Waals surface area (Å²) >= 11 is 1.71. The van der Waals surface area contributed by atoms with Crippen molar-refractivity contribution in [1.29, 1.82) is 0 Å². The van der Waals surface area contributed by atoms with E-state index in [0.29, 0.717) is 12.5 Å². The van der Waals surface area contributed by atoms with Gasteiger partial charge in [0, 0.05) is 11.4 Å². The highest BCUT2D eigenvalue weighted by Gasteiger charge is 2.20. The molecule has 0 spiro atoms. The molecule has 3 aromatic rings. The van der Waals surface area contributed by atoms with Gasteiger partial charge in [-0.25, -0.2) is 4.98 Å². The summed E-state index contributed by atoms with van der Waals surface area (Å²) in [5.74, 6) is 1.31.